The number of anilines is 2. The van der Waals surface area contributed by atoms with Gasteiger partial charge in [-0.05, 0) is 56.2 Å². The predicted octanol–water partition coefficient (Wildman–Crippen LogP) is 4.36. The summed E-state index contributed by atoms with van der Waals surface area (Å²) in [5.41, 5.74) is 3.51. The van der Waals surface area contributed by atoms with Crippen molar-refractivity contribution in [2.24, 2.45) is 0 Å². The number of carbonyl (C=O) groups excluding carboxylic acids is 3. The first kappa shape index (κ1) is 20.1. The molecule has 2 aliphatic rings. The Balaban J connectivity index is 1.29. The lowest BCUT2D eigenvalue weighted by atomic mass is 9.95. The number of fused-ring (bicyclic) bond motifs is 1. The summed E-state index contributed by atoms with van der Waals surface area (Å²) in [7, 11) is 0. The lowest BCUT2D eigenvalue weighted by Gasteiger charge is -2.24. The minimum Gasteiger partial charge on any atom is -0.382 e. The van der Waals surface area contributed by atoms with E-state index in [2.05, 4.69) is 10.6 Å². The summed E-state index contributed by atoms with van der Waals surface area (Å²) in [5.74, 6) is -0.888. The van der Waals surface area contributed by atoms with Gasteiger partial charge in [-0.1, -0.05) is 30.9 Å². The molecule has 2 aromatic rings. The first-order chi connectivity index (χ1) is 14.5. The molecule has 0 unspecified atom stereocenters. The van der Waals surface area contributed by atoms with Crippen LogP contribution in [0.3, 0.4) is 0 Å². The summed E-state index contributed by atoms with van der Waals surface area (Å²) in [6.07, 6.45) is 6.35. The molecule has 3 amide bonds. The highest BCUT2D eigenvalue weighted by molar-refractivity contribution is 6.21. The number of aryl methyl sites for hydroxylation is 1. The van der Waals surface area contributed by atoms with Crippen molar-refractivity contribution >= 4 is 29.1 Å². The third kappa shape index (κ3) is 4.37. The Morgan fingerprint density at radius 2 is 1.60 bits per heavy atom. The molecule has 1 heterocycles. The van der Waals surface area contributed by atoms with Gasteiger partial charge in [0, 0.05) is 30.4 Å². The van der Waals surface area contributed by atoms with Crippen molar-refractivity contribution in [2.45, 2.75) is 51.5 Å². The molecule has 4 rings (SSSR count). The third-order valence-electron chi connectivity index (χ3n) is 5.83. The van der Waals surface area contributed by atoms with Crippen LogP contribution in [-0.2, 0) is 4.79 Å². The van der Waals surface area contributed by atoms with Crippen molar-refractivity contribution in [3.05, 3.63) is 59.2 Å². The van der Waals surface area contributed by atoms with Crippen LogP contribution in [0.4, 0.5) is 11.4 Å². The Hall–Kier alpha value is -3.15. The van der Waals surface area contributed by atoms with E-state index in [9.17, 15) is 14.4 Å². The van der Waals surface area contributed by atoms with Crippen molar-refractivity contribution in [1.29, 1.82) is 0 Å². The first-order valence-corrected chi connectivity index (χ1v) is 10.6. The van der Waals surface area contributed by atoms with Crippen molar-refractivity contribution in [1.82, 2.24) is 4.90 Å². The maximum absolute atomic E-state index is 12.5. The van der Waals surface area contributed by atoms with Crippen molar-refractivity contribution < 1.29 is 14.4 Å². The Morgan fingerprint density at radius 3 is 2.33 bits per heavy atom. The Bertz CT molecular complexity index is 962. The second-order valence-electron chi connectivity index (χ2n) is 8.17. The van der Waals surface area contributed by atoms with Gasteiger partial charge in [0.1, 0.15) is 0 Å². The number of rotatable bonds is 6. The molecule has 0 bridgehead atoms. The molecule has 6 heteroatoms. The molecule has 30 heavy (non-hydrogen) atoms. The van der Waals surface area contributed by atoms with E-state index in [0.29, 0.717) is 22.9 Å². The Kier molecular flexibility index (Phi) is 5.84. The maximum Gasteiger partial charge on any atom is 0.261 e. The topological polar surface area (TPSA) is 78.5 Å². The number of hydrogen-bond acceptors (Lipinski definition) is 4. The van der Waals surface area contributed by atoms with Crippen molar-refractivity contribution in [2.75, 3.05) is 17.2 Å². The lowest BCUT2D eigenvalue weighted by molar-refractivity contribution is -0.116. The molecule has 1 aliphatic heterocycles. The number of imide groups is 1. The molecular formula is C24H27N3O3. The van der Waals surface area contributed by atoms with Gasteiger partial charge in [-0.15, -0.1) is 0 Å². The SMILES string of the molecule is Cc1ccc2c(c1)C(=O)N(CCC(=O)Nc1ccc(NC3CCCCC3)cc1)C2=O. The van der Waals surface area contributed by atoms with E-state index in [1.807, 2.05) is 37.3 Å². The summed E-state index contributed by atoms with van der Waals surface area (Å²) in [6.45, 7) is 1.95. The van der Waals surface area contributed by atoms with E-state index in [4.69, 9.17) is 0 Å². The molecular weight excluding hydrogens is 378 g/mol. The van der Waals surface area contributed by atoms with Gasteiger partial charge >= 0.3 is 0 Å². The summed E-state index contributed by atoms with van der Waals surface area (Å²) >= 11 is 0. The highest BCUT2D eigenvalue weighted by Gasteiger charge is 2.35. The van der Waals surface area contributed by atoms with E-state index >= 15 is 0 Å². The van der Waals surface area contributed by atoms with E-state index in [-0.39, 0.29) is 30.7 Å². The third-order valence-corrected chi connectivity index (χ3v) is 5.83. The highest BCUT2D eigenvalue weighted by Crippen LogP contribution is 2.25. The van der Waals surface area contributed by atoms with Gasteiger partial charge in [-0.25, -0.2) is 0 Å². The van der Waals surface area contributed by atoms with Gasteiger partial charge in [-0.3, -0.25) is 19.3 Å². The summed E-state index contributed by atoms with van der Waals surface area (Å²) in [4.78, 5) is 38.4. The molecule has 6 nitrogen and oxygen atoms in total. The Labute approximate surface area is 176 Å². The number of amides is 3. The van der Waals surface area contributed by atoms with Gasteiger partial charge in [0.05, 0.1) is 11.1 Å². The van der Waals surface area contributed by atoms with Crippen LogP contribution < -0.4 is 10.6 Å². The Morgan fingerprint density at radius 1 is 0.933 bits per heavy atom. The summed E-state index contributed by atoms with van der Waals surface area (Å²) < 4.78 is 0. The normalized spacial score (nSPS) is 16.5. The van der Waals surface area contributed by atoms with Crippen LogP contribution in [0.1, 0.15) is 64.8 Å². The smallest absolute Gasteiger partial charge is 0.261 e. The number of carbonyl (C=O) groups is 3. The second-order valence-corrected chi connectivity index (χ2v) is 8.17. The molecule has 1 aliphatic carbocycles. The zero-order valence-electron chi connectivity index (χ0n) is 17.2. The van der Waals surface area contributed by atoms with Crippen LogP contribution in [0.25, 0.3) is 0 Å². The highest BCUT2D eigenvalue weighted by atomic mass is 16.2. The standard InChI is InChI=1S/C24H27N3O3/c1-16-7-12-20-21(15-16)24(30)27(23(20)29)14-13-22(28)26-19-10-8-18(9-11-19)25-17-5-3-2-4-6-17/h7-12,15,17,25H,2-6,13-14H2,1H3,(H,26,28). The second kappa shape index (κ2) is 8.69. The summed E-state index contributed by atoms with van der Waals surface area (Å²) in [6, 6.07) is 13.4. The number of nitrogens with one attached hydrogen (secondary N) is 2. The molecule has 0 atom stereocenters. The van der Waals surface area contributed by atoms with Crippen molar-refractivity contribution in [3.8, 4) is 0 Å². The lowest BCUT2D eigenvalue weighted by Crippen LogP contribution is -2.32. The first-order valence-electron chi connectivity index (χ1n) is 10.6. The molecule has 0 radical (unpaired) electrons. The van der Waals surface area contributed by atoms with Crippen LogP contribution in [-0.4, -0.2) is 35.2 Å². The average molecular weight is 405 g/mol. The minimum absolute atomic E-state index is 0.0620. The van der Waals surface area contributed by atoms with Crippen LogP contribution >= 0.6 is 0 Å². The summed E-state index contributed by atoms with van der Waals surface area (Å²) in [5, 5.41) is 6.39. The fourth-order valence-corrected chi connectivity index (χ4v) is 4.18. The van der Waals surface area contributed by atoms with Gasteiger partial charge in [0.2, 0.25) is 5.91 Å². The zero-order chi connectivity index (χ0) is 21.1. The molecule has 1 fully saturated rings. The number of benzene rings is 2. The van der Waals surface area contributed by atoms with Crippen molar-refractivity contribution in [3.63, 3.8) is 0 Å². The van der Waals surface area contributed by atoms with E-state index in [0.717, 1.165) is 16.2 Å². The van der Waals surface area contributed by atoms with Gasteiger partial charge in [0.15, 0.2) is 0 Å². The van der Waals surface area contributed by atoms with E-state index in [1.54, 1.807) is 12.1 Å². The predicted molar refractivity (Wildman–Crippen MR) is 117 cm³/mol. The van der Waals surface area contributed by atoms with Crippen LogP contribution in [0.2, 0.25) is 0 Å². The van der Waals surface area contributed by atoms with Crippen LogP contribution in [0.5, 0.6) is 0 Å². The molecule has 156 valence electrons. The average Bonchev–Trinajstić information content (AvgIpc) is 2.98. The largest absolute Gasteiger partial charge is 0.382 e. The molecule has 1 saturated carbocycles. The van der Waals surface area contributed by atoms with Crippen LogP contribution in [0.15, 0.2) is 42.5 Å². The fourth-order valence-electron chi connectivity index (χ4n) is 4.18. The van der Waals surface area contributed by atoms with Crippen LogP contribution in [0, 0.1) is 6.92 Å². The van der Waals surface area contributed by atoms with Gasteiger partial charge < -0.3 is 10.6 Å². The monoisotopic (exact) mass is 405 g/mol. The molecule has 0 aromatic heterocycles. The zero-order valence-corrected chi connectivity index (χ0v) is 17.2. The van der Waals surface area contributed by atoms with Gasteiger partial charge in [-0.2, -0.15) is 0 Å². The number of hydrogen-bond donors (Lipinski definition) is 2. The number of nitrogens with zero attached hydrogens (tertiary/aromatic N) is 1. The molecule has 2 N–H and O–H groups in total. The van der Waals surface area contributed by atoms with E-state index in [1.165, 1.54) is 32.1 Å². The molecule has 0 spiro atoms. The minimum atomic E-state index is -0.332. The maximum atomic E-state index is 12.5. The van der Waals surface area contributed by atoms with Gasteiger partial charge in [0.25, 0.3) is 11.8 Å². The van der Waals surface area contributed by atoms with E-state index < -0.39 is 0 Å². The fraction of sp³-hybridized carbons (Fsp3) is 0.375. The quantitative estimate of drug-likeness (QED) is 0.700. The molecule has 2 aromatic carbocycles. The molecule has 0 saturated heterocycles.